The van der Waals surface area contributed by atoms with Gasteiger partial charge in [0.1, 0.15) is 17.3 Å². The lowest BCUT2D eigenvalue weighted by Crippen LogP contribution is -2.70. The summed E-state index contributed by atoms with van der Waals surface area (Å²) in [5, 5.41) is 25.1. The lowest BCUT2D eigenvalue weighted by atomic mass is 9.64. The third kappa shape index (κ3) is 3.06. The van der Waals surface area contributed by atoms with Crippen molar-refractivity contribution < 1.29 is 9.21 Å². The van der Waals surface area contributed by atoms with E-state index in [1.165, 1.54) is 10.9 Å². The van der Waals surface area contributed by atoms with E-state index in [9.17, 15) is 10.1 Å². The van der Waals surface area contributed by atoms with Gasteiger partial charge in [0.25, 0.3) is 0 Å². The zero-order valence-corrected chi connectivity index (χ0v) is 17.8. The molecule has 2 aromatic heterocycles. The number of benzene rings is 1. The molecule has 1 N–H and O–H groups in total. The van der Waals surface area contributed by atoms with Gasteiger partial charge in [0.15, 0.2) is 0 Å². The molecule has 2 aliphatic rings. The second kappa shape index (κ2) is 7.10. The van der Waals surface area contributed by atoms with Crippen LogP contribution in [0.2, 0.25) is 5.02 Å². The molecule has 31 heavy (non-hydrogen) atoms. The number of nitrogens with one attached hydrogen (secondary N) is 1. The minimum absolute atomic E-state index is 0.124. The Labute approximate surface area is 183 Å². The van der Waals surface area contributed by atoms with Gasteiger partial charge in [-0.1, -0.05) is 18.5 Å². The molecule has 3 heterocycles. The van der Waals surface area contributed by atoms with E-state index in [1.807, 2.05) is 4.90 Å². The molecule has 0 radical (unpaired) electrons. The average Bonchev–Trinajstić information content (AvgIpc) is 3.37. The molecule has 10 heteroatoms. The molecule has 9 nitrogen and oxygen atoms in total. The molecule has 1 saturated carbocycles. The summed E-state index contributed by atoms with van der Waals surface area (Å²) >= 11 is 6.33. The number of halogens is 1. The number of anilines is 1. The fraction of sp³-hybridized carbons (Fsp3) is 0.381. The second-order valence-electron chi connectivity index (χ2n) is 8.27. The Morgan fingerprint density at radius 3 is 2.94 bits per heavy atom. The van der Waals surface area contributed by atoms with Crippen LogP contribution in [0.25, 0.3) is 5.69 Å². The maximum Gasteiger partial charge on any atom is 0.323 e. The molecule has 0 spiro atoms. The topological polar surface area (TPSA) is 113 Å². The largest absolute Gasteiger partial charge is 0.423 e. The number of likely N-dealkylation sites (tertiary alicyclic amines) is 1. The Morgan fingerprint density at radius 1 is 1.35 bits per heavy atom. The molecule has 2 bridgehead atoms. The highest BCUT2D eigenvalue weighted by atomic mass is 35.5. The van der Waals surface area contributed by atoms with Gasteiger partial charge in [0.05, 0.1) is 16.9 Å². The minimum atomic E-state index is -0.571. The van der Waals surface area contributed by atoms with Crippen molar-refractivity contribution in [3.8, 4) is 11.8 Å². The summed E-state index contributed by atoms with van der Waals surface area (Å²) in [6, 6.07) is 8.67. The Morgan fingerprint density at radius 2 is 2.19 bits per heavy atom. The number of nitriles is 1. The number of aryl methyl sites for hydroxylation is 1. The van der Waals surface area contributed by atoms with E-state index in [-0.39, 0.29) is 12.1 Å². The first kappa shape index (κ1) is 19.6. The van der Waals surface area contributed by atoms with Crippen LogP contribution in [0.1, 0.15) is 43.7 Å². The number of nitrogens with zero attached hydrogens (tertiary/aromatic N) is 6. The third-order valence-corrected chi connectivity index (χ3v) is 6.41. The number of hydrogen-bond acceptors (Lipinski definition) is 6. The fourth-order valence-corrected chi connectivity index (χ4v) is 5.15. The van der Waals surface area contributed by atoms with Crippen LogP contribution in [0.4, 0.5) is 10.5 Å². The minimum Gasteiger partial charge on any atom is -0.423 e. The summed E-state index contributed by atoms with van der Waals surface area (Å²) in [5.41, 5.74) is 0.848. The highest BCUT2D eigenvalue weighted by Crippen LogP contribution is 2.55. The van der Waals surface area contributed by atoms with E-state index >= 15 is 0 Å². The Bertz CT molecular complexity index is 1210. The zero-order valence-electron chi connectivity index (χ0n) is 17.0. The average molecular weight is 438 g/mol. The number of fused-ring (bicyclic) bond motifs is 2. The number of carbonyl (C=O) groups excluding carboxylic acids is 1. The van der Waals surface area contributed by atoms with Crippen LogP contribution in [-0.2, 0) is 5.54 Å². The highest BCUT2D eigenvalue weighted by molar-refractivity contribution is 6.32. The van der Waals surface area contributed by atoms with Crippen molar-refractivity contribution in [2.75, 3.05) is 5.32 Å². The molecule has 1 aliphatic heterocycles. The van der Waals surface area contributed by atoms with Gasteiger partial charge in [-0.05, 0) is 43.0 Å². The van der Waals surface area contributed by atoms with Crippen molar-refractivity contribution >= 4 is 23.3 Å². The van der Waals surface area contributed by atoms with Gasteiger partial charge in [-0.3, -0.25) is 0 Å². The van der Waals surface area contributed by atoms with E-state index < -0.39 is 5.54 Å². The van der Waals surface area contributed by atoms with Gasteiger partial charge < -0.3 is 14.6 Å². The lowest BCUT2D eigenvalue weighted by molar-refractivity contribution is -0.110. The second-order valence-corrected chi connectivity index (χ2v) is 8.67. The molecule has 2 unspecified atom stereocenters. The van der Waals surface area contributed by atoms with Crippen molar-refractivity contribution in [3.63, 3.8) is 0 Å². The first-order chi connectivity index (χ1) is 14.9. The third-order valence-electron chi connectivity index (χ3n) is 6.09. The predicted molar refractivity (Wildman–Crippen MR) is 112 cm³/mol. The number of piperidine rings is 1. The van der Waals surface area contributed by atoms with E-state index in [1.54, 1.807) is 31.2 Å². The van der Waals surface area contributed by atoms with Crippen molar-refractivity contribution in [1.82, 2.24) is 24.9 Å². The molecule has 1 aromatic carbocycles. The molecule has 2 amide bonds. The predicted octanol–water partition coefficient (Wildman–Crippen LogP) is 4.02. The summed E-state index contributed by atoms with van der Waals surface area (Å²) in [5.74, 6) is 1.44. The van der Waals surface area contributed by atoms with Crippen molar-refractivity contribution in [1.29, 1.82) is 5.26 Å². The van der Waals surface area contributed by atoms with E-state index in [4.69, 9.17) is 16.0 Å². The molecule has 2 fully saturated rings. The van der Waals surface area contributed by atoms with Crippen LogP contribution in [0, 0.1) is 24.2 Å². The maximum absolute atomic E-state index is 13.3. The Balaban J connectivity index is 1.44. The Kier molecular flexibility index (Phi) is 4.48. The van der Waals surface area contributed by atoms with Gasteiger partial charge in [-0.25, -0.2) is 9.48 Å². The summed E-state index contributed by atoms with van der Waals surface area (Å²) in [7, 11) is 0. The standard InChI is InChI=1S/C21H20ClN7O2/c1-12-7-16-10-21(9-12,19-27-26-13(2)31-19)28(16)20(30)25-14-3-4-17(22)18(8-14)29-15(11-23)5-6-24-29/h3-6,8,12,16H,7,9-10H2,1-2H3,(H,25,30)/t12-,16?,21?/m0/s1. The van der Waals surface area contributed by atoms with Crippen molar-refractivity contribution in [2.45, 2.75) is 44.7 Å². The molecule has 158 valence electrons. The van der Waals surface area contributed by atoms with Crippen molar-refractivity contribution in [3.05, 3.63) is 53.0 Å². The van der Waals surface area contributed by atoms with Crippen LogP contribution in [0.5, 0.6) is 0 Å². The maximum atomic E-state index is 13.3. The normalized spacial score (nSPS) is 24.4. The number of amides is 2. The molecular weight excluding hydrogens is 418 g/mol. The molecular formula is C21H20ClN7O2. The van der Waals surface area contributed by atoms with Gasteiger partial charge in [-0.15, -0.1) is 10.2 Å². The van der Waals surface area contributed by atoms with E-state index in [2.05, 4.69) is 33.6 Å². The van der Waals surface area contributed by atoms with Crippen LogP contribution >= 0.6 is 11.6 Å². The van der Waals surface area contributed by atoms with Crippen LogP contribution in [0.15, 0.2) is 34.9 Å². The Hall–Kier alpha value is -3.38. The van der Waals surface area contributed by atoms with Gasteiger partial charge in [0, 0.05) is 25.1 Å². The van der Waals surface area contributed by atoms with Gasteiger partial charge in [0.2, 0.25) is 11.8 Å². The summed E-state index contributed by atoms with van der Waals surface area (Å²) in [6.45, 7) is 3.93. The number of carbonyl (C=O) groups is 1. The van der Waals surface area contributed by atoms with E-state index in [0.717, 1.165) is 19.3 Å². The molecule has 5 rings (SSSR count). The van der Waals surface area contributed by atoms with Crippen LogP contribution in [0.3, 0.4) is 0 Å². The summed E-state index contributed by atoms with van der Waals surface area (Å²) in [6.07, 6.45) is 4.06. The monoisotopic (exact) mass is 437 g/mol. The van der Waals surface area contributed by atoms with Gasteiger partial charge >= 0.3 is 6.03 Å². The first-order valence-electron chi connectivity index (χ1n) is 10.1. The molecule has 1 aliphatic carbocycles. The van der Waals surface area contributed by atoms with Crippen LogP contribution < -0.4 is 5.32 Å². The van der Waals surface area contributed by atoms with Crippen LogP contribution in [-0.4, -0.2) is 37.0 Å². The zero-order chi connectivity index (χ0) is 21.8. The quantitative estimate of drug-likeness (QED) is 0.662. The fourth-order valence-electron chi connectivity index (χ4n) is 4.95. The number of rotatable bonds is 3. The number of urea groups is 1. The number of hydrogen-bond donors (Lipinski definition) is 1. The molecule has 3 atom stereocenters. The smallest absolute Gasteiger partial charge is 0.323 e. The molecule has 3 aromatic rings. The highest BCUT2D eigenvalue weighted by Gasteiger charge is 2.62. The van der Waals surface area contributed by atoms with Gasteiger partial charge in [-0.2, -0.15) is 10.4 Å². The summed E-state index contributed by atoms with van der Waals surface area (Å²) < 4.78 is 7.19. The number of aromatic nitrogens is 4. The van der Waals surface area contributed by atoms with E-state index in [0.29, 0.717) is 39.8 Å². The van der Waals surface area contributed by atoms with Crippen molar-refractivity contribution in [2.24, 2.45) is 5.92 Å². The lowest BCUT2D eigenvalue weighted by Gasteiger charge is -2.61. The first-order valence-corrected chi connectivity index (χ1v) is 10.4. The molecule has 1 saturated heterocycles. The SMILES string of the molecule is Cc1nnc(C23CC(C[C@H](C)C2)N3C(=O)Nc2ccc(Cl)c(-n3nccc3C#N)c2)o1. The summed E-state index contributed by atoms with van der Waals surface area (Å²) in [4.78, 5) is 15.2.